The highest BCUT2D eigenvalue weighted by Gasteiger charge is 2.13. The lowest BCUT2D eigenvalue weighted by molar-refractivity contribution is 0.386. The fourth-order valence-corrected chi connectivity index (χ4v) is 2.88. The van der Waals surface area contributed by atoms with Crippen LogP contribution in [0, 0.1) is 11.6 Å². The van der Waals surface area contributed by atoms with Crippen LogP contribution in [-0.4, -0.2) is 14.2 Å². The summed E-state index contributed by atoms with van der Waals surface area (Å²) < 4.78 is 37.5. The van der Waals surface area contributed by atoms with Gasteiger partial charge < -0.3 is 9.47 Å². The smallest absolute Gasteiger partial charge is 0.165 e. The van der Waals surface area contributed by atoms with Crippen LogP contribution >= 0.6 is 0 Å². The lowest BCUT2D eigenvalue weighted by atomic mass is 9.91. The molecule has 2 nitrogen and oxygen atoms in total. The van der Waals surface area contributed by atoms with Gasteiger partial charge in [0.25, 0.3) is 0 Å². The topological polar surface area (TPSA) is 18.5 Å². The van der Waals surface area contributed by atoms with Crippen molar-refractivity contribution in [2.24, 2.45) is 0 Å². The third-order valence-electron chi connectivity index (χ3n) is 4.07. The first kappa shape index (κ1) is 18.0. The van der Waals surface area contributed by atoms with E-state index in [4.69, 9.17) is 9.47 Å². The summed E-state index contributed by atoms with van der Waals surface area (Å²) in [5, 5.41) is 0. The van der Waals surface area contributed by atoms with Gasteiger partial charge in [0.2, 0.25) is 0 Å². The number of benzene rings is 2. The number of rotatable bonds is 6. The molecule has 0 spiro atoms. The molecular weight excluding hydrogens is 310 g/mol. The van der Waals surface area contributed by atoms with Crippen LogP contribution < -0.4 is 9.47 Å². The molecule has 24 heavy (non-hydrogen) atoms. The summed E-state index contributed by atoms with van der Waals surface area (Å²) in [5.41, 5.74) is 3.95. The fourth-order valence-electron chi connectivity index (χ4n) is 2.88. The molecule has 0 aliphatic heterocycles. The van der Waals surface area contributed by atoms with Crippen LogP contribution in [0.2, 0.25) is 0 Å². The SMILES string of the molecule is CCC(=C(CC)c1ccc(F)c(OC)c1)c1ccc(F)c(OC)c1. The number of hydrogen-bond acceptors (Lipinski definition) is 2. The number of ether oxygens (including phenoxy) is 2. The summed E-state index contributed by atoms with van der Waals surface area (Å²) >= 11 is 0. The molecule has 0 radical (unpaired) electrons. The summed E-state index contributed by atoms with van der Waals surface area (Å²) in [5.74, 6) is -0.354. The standard InChI is InChI=1S/C20H22F2O2/c1-5-15(13-7-9-17(21)19(11-13)23-3)16(6-2)14-8-10-18(22)20(12-14)24-4/h7-12H,5-6H2,1-4H3. The Morgan fingerprint density at radius 1 is 0.750 bits per heavy atom. The van der Waals surface area contributed by atoms with Crippen molar-refractivity contribution in [1.82, 2.24) is 0 Å². The van der Waals surface area contributed by atoms with Crippen molar-refractivity contribution in [3.8, 4) is 11.5 Å². The average Bonchev–Trinajstić information content (AvgIpc) is 2.61. The second kappa shape index (κ2) is 7.95. The molecule has 128 valence electrons. The van der Waals surface area contributed by atoms with Crippen LogP contribution in [-0.2, 0) is 0 Å². The molecule has 0 aliphatic rings. The second-order valence-electron chi connectivity index (χ2n) is 5.36. The van der Waals surface area contributed by atoms with Crippen molar-refractivity contribution in [2.45, 2.75) is 26.7 Å². The maximum Gasteiger partial charge on any atom is 0.165 e. The summed E-state index contributed by atoms with van der Waals surface area (Å²) in [7, 11) is 2.90. The Bertz CT molecular complexity index is 688. The minimum absolute atomic E-state index is 0.214. The van der Waals surface area contributed by atoms with E-state index in [9.17, 15) is 8.78 Å². The van der Waals surface area contributed by atoms with Crippen LogP contribution in [0.1, 0.15) is 37.8 Å². The highest BCUT2D eigenvalue weighted by molar-refractivity contribution is 5.91. The molecule has 0 N–H and O–H groups in total. The van der Waals surface area contributed by atoms with Gasteiger partial charge in [-0.3, -0.25) is 0 Å². The van der Waals surface area contributed by atoms with Crippen LogP contribution in [0.15, 0.2) is 36.4 Å². The largest absolute Gasteiger partial charge is 0.494 e. The van der Waals surface area contributed by atoms with Gasteiger partial charge in [-0.25, -0.2) is 8.78 Å². The zero-order chi connectivity index (χ0) is 17.7. The molecule has 0 aliphatic carbocycles. The van der Waals surface area contributed by atoms with E-state index in [0.717, 1.165) is 35.1 Å². The quantitative estimate of drug-likeness (QED) is 0.631. The van der Waals surface area contributed by atoms with Crippen LogP contribution in [0.5, 0.6) is 11.5 Å². The van der Waals surface area contributed by atoms with Crippen molar-refractivity contribution < 1.29 is 18.3 Å². The van der Waals surface area contributed by atoms with Crippen molar-refractivity contribution in [3.63, 3.8) is 0 Å². The van der Waals surface area contributed by atoms with Gasteiger partial charge in [-0.15, -0.1) is 0 Å². The lowest BCUT2D eigenvalue weighted by Gasteiger charge is -2.16. The summed E-state index contributed by atoms with van der Waals surface area (Å²) in [6.07, 6.45) is 1.52. The molecule has 0 amide bonds. The van der Waals surface area contributed by atoms with Gasteiger partial charge in [-0.05, 0) is 59.4 Å². The van der Waals surface area contributed by atoms with Gasteiger partial charge in [-0.2, -0.15) is 0 Å². The number of methoxy groups -OCH3 is 2. The van der Waals surface area contributed by atoms with Gasteiger partial charge in [-0.1, -0.05) is 26.0 Å². The molecule has 0 bridgehead atoms. The molecule has 2 aromatic carbocycles. The Morgan fingerprint density at radius 3 is 1.42 bits per heavy atom. The van der Waals surface area contributed by atoms with E-state index in [0.29, 0.717) is 0 Å². The van der Waals surface area contributed by atoms with E-state index >= 15 is 0 Å². The molecule has 0 fully saturated rings. The molecule has 0 atom stereocenters. The average molecular weight is 332 g/mol. The van der Waals surface area contributed by atoms with E-state index in [1.807, 2.05) is 13.8 Å². The maximum atomic E-state index is 13.7. The van der Waals surface area contributed by atoms with Crippen molar-refractivity contribution in [2.75, 3.05) is 14.2 Å². The second-order valence-corrected chi connectivity index (χ2v) is 5.36. The van der Waals surface area contributed by atoms with Gasteiger partial charge in [0, 0.05) is 0 Å². The van der Waals surface area contributed by atoms with Crippen molar-refractivity contribution in [1.29, 1.82) is 0 Å². The molecular formula is C20H22F2O2. The zero-order valence-electron chi connectivity index (χ0n) is 14.5. The van der Waals surface area contributed by atoms with E-state index in [1.54, 1.807) is 24.3 Å². The highest BCUT2D eigenvalue weighted by atomic mass is 19.1. The molecule has 0 unspecified atom stereocenters. The number of hydrogen-bond donors (Lipinski definition) is 0. The molecule has 0 aromatic heterocycles. The summed E-state index contributed by atoms with van der Waals surface area (Å²) in [6.45, 7) is 4.09. The minimum Gasteiger partial charge on any atom is -0.494 e. The monoisotopic (exact) mass is 332 g/mol. The number of halogens is 2. The van der Waals surface area contributed by atoms with Crippen LogP contribution in [0.3, 0.4) is 0 Å². The molecule has 4 heteroatoms. The van der Waals surface area contributed by atoms with Crippen molar-refractivity contribution >= 4 is 11.1 Å². The molecule has 2 aromatic rings. The molecule has 0 heterocycles. The highest BCUT2D eigenvalue weighted by Crippen LogP contribution is 2.35. The Hall–Kier alpha value is -2.36. The van der Waals surface area contributed by atoms with E-state index in [1.165, 1.54) is 26.4 Å². The van der Waals surface area contributed by atoms with E-state index < -0.39 is 11.6 Å². The molecule has 0 saturated carbocycles. The lowest BCUT2D eigenvalue weighted by Crippen LogP contribution is -1.96. The fraction of sp³-hybridized carbons (Fsp3) is 0.300. The normalized spacial score (nSPS) is 11.9. The van der Waals surface area contributed by atoms with Gasteiger partial charge >= 0.3 is 0 Å². The predicted molar refractivity (Wildman–Crippen MR) is 93.3 cm³/mol. The van der Waals surface area contributed by atoms with Gasteiger partial charge in [0.15, 0.2) is 23.1 Å². The van der Waals surface area contributed by atoms with Crippen LogP contribution in [0.25, 0.3) is 11.1 Å². The molecule has 0 saturated heterocycles. The summed E-state index contributed by atoms with van der Waals surface area (Å²) in [6, 6.07) is 9.69. The molecule has 2 rings (SSSR count). The van der Waals surface area contributed by atoms with E-state index in [2.05, 4.69) is 0 Å². The Morgan fingerprint density at radius 2 is 1.12 bits per heavy atom. The Balaban J connectivity index is 2.62. The number of allylic oxidation sites excluding steroid dienone is 2. The maximum absolute atomic E-state index is 13.7. The third kappa shape index (κ3) is 3.58. The first-order valence-electron chi connectivity index (χ1n) is 7.95. The predicted octanol–water partition coefficient (Wildman–Crippen LogP) is 5.71. The Labute approximate surface area is 141 Å². The minimum atomic E-state index is -0.391. The Kier molecular flexibility index (Phi) is 5.96. The van der Waals surface area contributed by atoms with Crippen molar-refractivity contribution in [3.05, 3.63) is 59.2 Å². The van der Waals surface area contributed by atoms with E-state index in [-0.39, 0.29) is 11.5 Å². The van der Waals surface area contributed by atoms with Crippen LogP contribution in [0.4, 0.5) is 8.78 Å². The van der Waals surface area contributed by atoms with Gasteiger partial charge in [0.05, 0.1) is 14.2 Å². The van der Waals surface area contributed by atoms with Gasteiger partial charge in [0.1, 0.15) is 0 Å². The zero-order valence-corrected chi connectivity index (χ0v) is 14.5. The first-order valence-corrected chi connectivity index (χ1v) is 7.95. The summed E-state index contributed by atoms with van der Waals surface area (Å²) in [4.78, 5) is 0. The third-order valence-corrected chi connectivity index (χ3v) is 4.07. The first-order chi connectivity index (χ1) is 11.5.